The van der Waals surface area contributed by atoms with Crippen molar-refractivity contribution in [2.45, 2.75) is 38.3 Å². The Balaban J connectivity index is 2.23. The van der Waals surface area contributed by atoms with Gasteiger partial charge in [0.25, 0.3) is 0 Å². The molecule has 0 radical (unpaired) electrons. The van der Waals surface area contributed by atoms with Crippen molar-refractivity contribution in [3.8, 4) is 0 Å². The number of aromatic nitrogens is 2. The maximum absolute atomic E-state index is 5.63. The number of ether oxygens (including phenoxy) is 1. The molecule has 5 nitrogen and oxygen atoms in total. The third kappa shape index (κ3) is 1.53. The fourth-order valence-electron chi connectivity index (χ4n) is 1.59. The van der Waals surface area contributed by atoms with E-state index in [1.54, 1.807) is 0 Å². The second kappa shape index (κ2) is 3.33. The summed E-state index contributed by atoms with van der Waals surface area (Å²) in [6.45, 7) is 4.56. The molecule has 2 rings (SSSR count). The summed E-state index contributed by atoms with van der Waals surface area (Å²) in [5.74, 6) is 1.08. The van der Waals surface area contributed by atoms with Crippen LogP contribution in [0, 0.1) is 0 Å². The van der Waals surface area contributed by atoms with E-state index in [0.29, 0.717) is 11.7 Å². The molecular weight excluding hydrogens is 182 g/mol. The lowest BCUT2D eigenvalue weighted by atomic mass is 10.0. The third-order valence-electron chi connectivity index (χ3n) is 2.52. The Kier molecular flexibility index (Phi) is 2.28. The van der Waals surface area contributed by atoms with Gasteiger partial charge in [-0.3, -0.25) is 0 Å². The average molecular weight is 197 g/mol. The summed E-state index contributed by atoms with van der Waals surface area (Å²) < 4.78 is 10.6. The van der Waals surface area contributed by atoms with E-state index in [1.807, 2.05) is 13.8 Å². The number of nitrogens with two attached hydrogens (primary N) is 1. The average Bonchev–Trinajstić information content (AvgIpc) is 2.71. The predicted molar refractivity (Wildman–Crippen MR) is 49.4 cm³/mol. The summed E-state index contributed by atoms with van der Waals surface area (Å²) in [5, 5.41) is 3.90. The van der Waals surface area contributed by atoms with Crippen LogP contribution in [0.3, 0.4) is 0 Å². The summed E-state index contributed by atoms with van der Waals surface area (Å²) in [6.07, 6.45) is 1.98. The van der Waals surface area contributed by atoms with E-state index in [2.05, 4.69) is 10.1 Å². The third-order valence-corrected chi connectivity index (χ3v) is 2.52. The normalized spacial score (nSPS) is 29.4. The lowest BCUT2D eigenvalue weighted by Gasteiger charge is -2.17. The minimum absolute atomic E-state index is 0.221. The Morgan fingerprint density at radius 1 is 1.57 bits per heavy atom. The number of hydrogen-bond donors (Lipinski definition) is 1. The predicted octanol–water partition coefficient (Wildman–Crippen LogP) is 1.11. The molecule has 0 amide bonds. The van der Waals surface area contributed by atoms with Crippen molar-refractivity contribution in [1.82, 2.24) is 10.1 Å². The molecule has 1 fully saturated rings. The Bertz CT molecular complexity index is 316. The Labute approximate surface area is 82.6 Å². The van der Waals surface area contributed by atoms with Crippen molar-refractivity contribution < 1.29 is 9.26 Å². The molecule has 1 unspecified atom stereocenters. The van der Waals surface area contributed by atoms with Crippen molar-refractivity contribution in [2.24, 2.45) is 5.73 Å². The summed E-state index contributed by atoms with van der Waals surface area (Å²) in [6, 6.07) is -0.221. The Morgan fingerprint density at radius 3 is 2.86 bits per heavy atom. The summed E-state index contributed by atoms with van der Waals surface area (Å²) in [4.78, 5) is 4.24. The highest BCUT2D eigenvalue weighted by molar-refractivity contribution is 5.02. The van der Waals surface area contributed by atoms with Gasteiger partial charge in [-0.25, -0.2) is 0 Å². The molecule has 0 bridgehead atoms. The first-order valence-corrected chi connectivity index (χ1v) is 4.85. The molecular formula is C9H15N3O2. The number of rotatable bonds is 2. The summed E-state index contributed by atoms with van der Waals surface area (Å²) in [5.41, 5.74) is 5.25. The van der Waals surface area contributed by atoms with Crippen molar-refractivity contribution in [3.63, 3.8) is 0 Å². The first kappa shape index (κ1) is 9.61. The van der Waals surface area contributed by atoms with Crippen molar-refractivity contribution in [2.75, 3.05) is 6.61 Å². The van der Waals surface area contributed by atoms with Gasteiger partial charge >= 0.3 is 0 Å². The van der Waals surface area contributed by atoms with Crippen LogP contribution in [-0.2, 0) is 10.3 Å². The van der Waals surface area contributed by atoms with E-state index < -0.39 is 0 Å². The first-order valence-electron chi connectivity index (χ1n) is 4.85. The van der Waals surface area contributed by atoms with Gasteiger partial charge in [0, 0.05) is 6.61 Å². The van der Waals surface area contributed by atoms with Gasteiger partial charge in [-0.15, -0.1) is 0 Å². The molecule has 78 valence electrons. The van der Waals surface area contributed by atoms with Crippen molar-refractivity contribution in [1.29, 1.82) is 0 Å². The van der Waals surface area contributed by atoms with Gasteiger partial charge in [-0.1, -0.05) is 5.16 Å². The molecule has 0 saturated carbocycles. The molecule has 0 aliphatic carbocycles. The highest BCUT2D eigenvalue weighted by atomic mass is 16.5. The molecule has 14 heavy (non-hydrogen) atoms. The molecule has 1 aromatic heterocycles. The van der Waals surface area contributed by atoms with Gasteiger partial charge in [0.05, 0.1) is 6.04 Å². The van der Waals surface area contributed by atoms with E-state index in [-0.39, 0.29) is 11.6 Å². The fraction of sp³-hybridized carbons (Fsp3) is 0.778. The minimum Gasteiger partial charge on any atom is -0.367 e. The SMILES string of the molecule is C[C@H](N)c1nc(C2(C)CCCO2)no1. The van der Waals surface area contributed by atoms with Crippen LogP contribution in [0.1, 0.15) is 44.4 Å². The molecule has 1 aliphatic heterocycles. The first-order chi connectivity index (χ1) is 6.62. The van der Waals surface area contributed by atoms with Gasteiger partial charge in [0.1, 0.15) is 5.60 Å². The van der Waals surface area contributed by atoms with Gasteiger partial charge < -0.3 is 15.0 Å². The van der Waals surface area contributed by atoms with E-state index in [4.69, 9.17) is 15.0 Å². The molecule has 0 spiro atoms. The lowest BCUT2D eigenvalue weighted by molar-refractivity contribution is 0.00768. The lowest BCUT2D eigenvalue weighted by Crippen LogP contribution is -2.21. The second-order valence-corrected chi connectivity index (χ2v) is 3.93. The quantitative estimate of drug-likeness (QED) is 0.768. The highest BCUT2D eigenvalue weighted by Gasteiger charge is 2.36. The maximum Gasteiger partial charge on any atom is 0.243 e. The zero-order valence-electron chi connectivity index (χ0n) is 8.49. The van der Waals surface area contributed by atoms with Gasteiger partial charge in [0.2, 0.25) is 11.7 Å². The van der Waals surface area contributed by atoms with Crippen LogP contribution in [-0.4, -0.2) is 16.7 Å². The van der Waals surface area contributed by atoms with Crippen molar-refractivity contribution >= 4 is 0 Å². The van der Waals surface area contributed by atoms with Crippen LogP contribution in [0.25, 0.3) is 0 Å². The van der Waals surface area contributed by atoms with Gasteiger partial charge in [-0.2, -0.15) is 4.98 Å². The minimum atomic E-state index is -0.378. The van der Waals surface area contributed by atoms with Crippen LogP contribution in [0.15, 0.2) is 4.52 Å². The van der Waals surface area contributed by atoms with Crippen molar-refractivity contribution in [3.05, 3.63) is 11.7 Å². The van der Waals surface area contributed by atoms with Crippen LogP contribution in [0.5, 0.6) is 0 Å². The van der Waals surface area contributed by atoms with Crippen LogP contribution >= 0.6 is 0 Å². The molecule has 0 aromatic carbocycles. The second-order valence-electron chi connectivity index (χ2n) is 3.93. The summed E-state index contributed by atoms with van der Waals surface area (Å²) >= 11 is 0. The van der Waals surface area contributed by atoms with E-state index in [9.17, 15) is 0 Å². The Morgan fingerprint density at radius 2 is 2.36 bits per heavy atom. The highest BCUT2D eigenvalue weighted by Crippen LogP contribution is 2.33. The Hall–Kier alpha value is -0.940. The van der Waals surface area contributed by atoms with E-state index >= 15 is 0 Å². The van der Waals surface area contributed by atoms with Gasteiger partial charge in [-0.05, 0) is 26.7 Å². The van der Waals surface area contributed by atoms with Crippen LogP contribution in [0.4, 0.5) is 0 Å². The van der Waals surface area contributed by atoms with Gasteiger partial charge in [0.15, 0.2) is 0 Å². The fourth-order valence-corrected chi connectivity index (χ4v) is 1.59. The standard InChI is InChI=1S/C9H15N3O2/c1-6(10)7-11-8(12-14-7)9(2)4-3-5-13-9/h6H,3-5,10H2,1-2H3/t6-,9?/m0/s1. The number of nitrogens with zero attached hydrogens (tertiary/aromatic N) is 2. The molecule has 1 saturated heterocycles. The molecule has 1 aliphatic rings. The molecule has 1 aromatic rings. The van der Waals surface area contributed by atoms with Crippen LogP contribution in [0.2, 0.25) is 0 Å². The molecule has 2 N–H and O–H groups in total. The van der Waals surface area contributed by atoms with E-state index in [0.717, 1.165) is 19.4 Å². The topological polar surface area (TPSA) is 74.2 Å². The molecule has 5 heteroatoms. The molecule has 2 heterocycles. The largest absolute Gasteiger partial charge is 0.367 e. The smallest absolute Gasteiger partial charge is 0.243 e. The number of hydrogen-bond acceptors (Lipinski definition) is 5. The zero-order chi connectivity index (χ0) is 10.2. The zero-order valence-corrected chi connectivity index (χ0v) is 8.49. The van der Waals surface area contributed by atoms with E-state index in [1.165, 1.54) is 0 Å². The molecule has 2 atom stereocenters. The maximum atomic E-state index is 5.63. The monoisotopic (exact) mass is 197 g/mol. The van der Waals surface area contributed by atoms with Crippen LogP contribution < -0.4 is 5.73 Å². The summed E-state index contributed by atoms with van der Waals surface area (Å²) in [7, 11) is 0.